The smallest absolute Gasteiger partial charge is 0.191 e. The Hall–Kier alpha value is -2.41. The molecular formula is C20H31N7. The highest BCUT2D eigenvalue weighted by atomic mass is 15.3. The molecule has 1 aliphatic rings. The molecule has 0 aliphatic carbocycles. The fourth-order valence-corrected chi connectivity index (χ4v) is 3.63. The molecule has 1 aromatic carbocycles. The van der Waals surface area contributed by atoms with Gasteiger partial charge in [0.15, 0.2) is 5.96 Å². The van der Waals surface area contributed by atoms with E-state index >= 15 is 0 Å². The molecule has 7 nitrogen and oxygen atoms in total. The van der Waals surface area contributed by atoms with Crippen molar-refractivity contribution in [2.45, 2.75) is 38.8 Å². The lowest BCUT2D eigenvalue weighted by Crippen LogP contribution is -2.43. The number of rotatable bonds is 8. The largest absolute Gasteiger partial charge is 0.355 e. The molecule has 2 aromatic rings. The number of aliphatic imine (C=N–C) groups is 1. The molecule has 1 aliphatic heterocycles. The number of benzene rings is 1. The first kappa shape index (κ1) is 19.4. The van der Waals surface area contributed by atoms with Crippen LogP contribution in [0.15, 0.2) is 41.7 Å². The zero-order chi connectivity index (χ0) is 18.9. The Morgan fingerprint density at radius 2 is 1.96 bits per heavy atom. The Morgan fingerprint density at radius 3 is 2.67 bits per heavy atom. The van der Waals surface area contributed by atoms with E-state index in [1.807, 2.05) is 7.05 Å². The van der Waals surface area contributed by atoms with Crippen molar-refractivity contribution in [3.8, 4) is 0 Å². The summed E-state index contributed by atoms with van der Waals surface area (Å²) in [6.45, 7) is 6.88. The van der Waals surface area contributed by atoms with Gasteiger partial charge >= 0.3 is 0 Å². The predicted molar refractivity (Wildman–Crippen MR) is 109 cm³/mol. The van der Waals surface area contributed by atoms with Crippen LogP contribution in [0.25, 0.3) is 0 Å². The van der Waals surface area contributed by atoms with Crippen LogP contribution in [0.3, 0.4) is 0 Å². The normalized spacial score (nSPS) is 16.4. The average molecular weight is 370 g/mol. The monoisotopic (exact) mass is 369 g/mol. The zero-order valence-corrected chi connectivity index (χ0v) is 16.4. The van der Waals surface area contributed by atoms with Gasteiger partial charge in [-0.25, -0.2) is 0 Å². The van der Waals surface area contributed by atoms with Crippen LogP contribution in [-0.4, -0.2) is 58.9 Å². The summed E-state index contributed by atoms with van der Waals surface area (Å²) in [5.41, 5.74) is 1.36. The summed E-state index contributed by atoms with van der Waals surface area (Å²) in [5, 5.41) is 15.0. The van der Waals surface area contributed by atoms with E-state index in [-0.39, 0.29) is 0 Å². The molecular weight excluding hydrogens is 338 g/mol. The first-order valence-electron chi connectivity index (χ1n) is 9.92. The lowest BCUT2D eigenvalue weighted by Gasteiger charge is -2.29. The summed E-state index contributed by atoms with van der Waals surface area (Å²) in [7, 11) is 1.82. The molecule has 1 saturated heterocycles. The van der Waals surface area contributed by atoms with Crippen molar-refractivity contribution in [3.05, 3.63) is 48.0 Å². The van der Waals surface area contributed by atoms with Crippen LogP contribution in [0, 0.1) is 0 Å². The Balaban J connectivity index is 1.53. The fraction of sp³-hybridized carbons (Fsp3) is 0.550. The van der Waals surface area contributed by atoms with Crippen LogP contribution in [0.2, 0.25) is 0 Å². The van der Waals surface area contributed by atoms with E-state index in [0.717, 1.165) is 37.8 Å². The third-order valence-corrected chi connectivity index (χ3v) is 5.11. The molecule has 1 atom stereocenters. The van der Waals surface area contributed by atoms with Gasteiger partial charge in [-0.3, -0.25) is 9.89 Å². The van der Waals surface area contributed by atoms with Crippen LogP contribution in [0.4, 0.5) is 0 Å². The molecule has 2 N–H and O–H groups in total. The average Bonchev–Trinajstić information content (AvgIpc) is 3.39. The second kappa shape index (κ2) is 10.1. The summed E-state index contributed by atoms with van der Waals surface area (Å²) < 4.78 is 2.08. The van der Waals surface area contributed by atoms with Gasteiger partial charge in [-0.05, 0) is 31.5 Å². The quantitative estimate of drug-likeness (QED) is 0.549. The molecule has 2 heterocycles. The molecule has 0 saturated carbocycles. The molecule has 0 bridgehead atoms. The Kier molecular flexibility index (Phi) is 7.21. The number of hydrogen-bond donors (Lipinski definition) is 2. The molecule has 1 aromatic heterocycles. The summed E-state index contributed by atoms with van der Waals surface area (Å²) in [5.74, 6) is 1.85. The summed E-state index contributed by atoms with van der Waals surface area (Å²) >= 11 is 0. The Morgan fingerprint density at radius 1 is 1.19 bits per heavy atom. The van der Waals surface area contributed by atoms with Gasteiger partial charge in [0.1, 0.15) is 12.2 Å². The van der Waals surface area contributed by atoms with Gasteiger partial charge in [-0.2, -0.15) is 0 Å². The Labute approximate surface area is 161 Å². The van der Waals surface area contributed by atoms with Crippen molar-refractivity contribution < 1.29 is 0 Å². The molecule has 1 fully saturated rings. The third kappa shape index (κ3) is 5.29. The van der Waals surface area contributed by atoms with Gasteiger partial charge in [0.05, 0.1) is 6.04 Å². The molecule has 3 rings (SSSR count). The van der Waals surface area contributed by atoms with Crippen LogP contribution in [0.5, 0.6) is 0 Å². The maximum absolute atomic E-state index is 4.38. The lowest BCUT2D eigenvalue weighted by atomic mass is 10.1. The molecule has 7 heteroatoms. The van der Waals surface area contributed by atoms with Crippen LogP contribution < -0.4 is 10.6 Å². The third-order valence-electron chi connectivity index (χ3n) is 5.11. The van der Waals surface area contributed by atoms with Crippen LogP contribution in [-0.2, 0) is 13.0 Å². The number of aromatic nitrogens is 3. The van der Waals surface area contributed by atoms with Crippen LogP contribution in [0.1, 0.15) is 37.2 Å². The standard InChI is InChI=1S/C20H31N7/c1-3-19-25-24-16-27(19)14-11-22-20(21-2)23-15-18(26-12-7-8-13-26)17-9-5-4-6-10-17/h4-6,9-10,16,18H,3,7-8,11-15H2,1-2H3,(H2,21,22,23). The SMILES string of the molecule is CCc1nncn1CCNC(=NC)NCC(c1ccccc1)N1CCCC1. The minimum atomic E-state index is 0.372. The van der Waals surface area contributed by atoms with Crippen molar-refractivity contribution in [1.29, 1.82) is 0 Å². The highest BCUT2D eigenvalue weighted by molar-refractivity contribution is 5.79. The number of guanidine groups is 1. The molecule has 0 radical (unpaired) electrons. The molecule has 1 unspecified atom stereocenters. The first-order chi connectivity index (χ1) is 13.3. The van der Waals surface area contributed by atoms with Gasteiger partial charge < -0.3 is 15.2 Å². The number of aryl methyl sites for hydroxylation is 1. The van der Waals surface area contributed by atoms with Gasteiger partial charge in [0.2, 0.25) is 0 Å². The highest BCUT2D eigenvalue weighted by Gasteiger charge is 2.23. The van der Waals surface area contributed by atoms with Crippen molar-refractivity contribution in [3.63, 3.8) is 0 Å². The predicted octanol–water partition coefficient (Wildman–Crippen LogP) is 1.84. The maximum atomic E-state index is 4.38. The molecule has 27 heavy (non-hydrogen) atoms. The van der Waals surface area contributed by atoms with Crippen molar-refractivity contribution in [2.75, 3.05) is 33.2 Å². The van der Waals surface area contributed by atoms with E-state index in [9.17, 15) is 0 Å². The van der Waals surface area contributed by atoms with Crippen molar-refractivity contribution in [1.82, 2.24) is 30.3 Å². The zero-order valence-electron chi connectivity index (χ0n) is 16.4. The summed E-state index contributed by atoms with van der Waals surface area (Å²) in [6, 6.07) is 11.1. The number of likely N-dealkylation sites (tertiary alicyclic amines) is 1. The fourth-order valence-electron chi connectivity index (χ4n) is 3.63. The minimum Gasteiger partial charge on any atom is -0.355 e. The van der Waals surface area contributed by atoms with Gasteiger partial charge in [0, 0.05) is 33.1 Å². The van der Waals surface area contributed by atoms with Gasteiger partial charge in [0.25, 0.3) is 0 Å². The van der Waals surface area contributed by atoms with E-state index in [2.05, 4.69) is 72.5 Å². The highest BCUT2D eigenvalue weighted by Crippen LogP contribution is 2.24. The topological polar surface area (TPSA) is 70.4 Å². The van der Waals surface area contributed by atoms with E-state index in [1.165, 1.54) is 31.5 Å². The van der Waals surface area contributed by atoms with E-state index in [0.29, 0.717) is 6.04 Å². The number of nitrogens with one attached hydrogen (secondary N) is 2. The molecule has 0 amide bonds. The first-order valence-corrected chi connectivity index (χ1v) is 9.92. The number of nitrogens with zero attached hydrogens (tertiary/aromatic N) is 5. The van der Waals surface area contributed by atoms with Crippen LogP contribution >= 0.6 is 0 Å². The summed E-state index contributed by atoms with van der Waals surface area (Å²) in [4.78, 5) is 6.95. The second-order valence-electron chi connectivity index (χ2n) is 6.84. The maximum Gasteiger partial charge on any atom is 0.191 e. The summed E-state index contributed by atoms with van der Waals surface area (Å²) in [6.07, 6.45) is 5.25. The van der Waals surface area contributed by atoms with Gasteiger partial charge in [-0.15, -0.1) is 10.2 Å². The van der Waals surface area contributed by atoms with Crippen molar-refractivity contribution >= 4 is 5.96 Å². The Bertz CT molecular complexity index is 704. The van der Waals surface area contributed by atoms with Gasteiger partial charge in [-0.1, -0.05) is 37.3 Å². The van der Waals surface area contributed by atoms with E-state index in [4.69, 9.17) is 0 Å². The molecule has 146 valence electrons. The molecule has 0 spiro atoms. The van der Waals surface area contributed by atoms with Crippen molar-refractivity contribution in [2.24, 2.45) is 4.99 Å². The van der Waals surface area contributed by atoms with E-state index < -0.39 is 0 Å². The van der Waals surface area contributed by atoms with E-state index in [1.54, 1.807) is 6.33 Å². The minimum absolute atomic E-state index is 0.372. The lowest BCUT2D eigenvalue weighted by molar-refractivity contribution is 0.245. The second-order valence-corrected chi connectivity index (χ2v) is 6.84. The number of hydrogen-bond acceptors (Lipinski definition) is 4.